The maximum Gasteiger partial charge on any atom is 0.218 e. The third kappa shape index (κ3) is 6.62. The molecule has 3 N–H and O–H groups in total. The van der Waals surface area contributed by atoms with E-state index < -0.39 is 35.5 Å². The van der Waals surface area contributed by atoms with Crippen molar-refractivity contribution < 1.29 is 27.8 Å². The Bertz CT molecular complexity index is 1150. The molecule has 1 aliphatic heterocycles. The molecular weight excluding hydrogens is 483 g/mol. The van der Waals surface area contributed by atoms with Gasteiger partial charge in [0.25, 0.3) is 0 Å². The summed E-state index contributed by atoms with van der Waals surface area (Å²) in [5, 5.41) is 17.0. The van der Waals surface area contributed by atoms with Gasteiger partial charge in [0.05, 0.1) is 12.1 Å². The molecule has 9 heteroatoms. The van der Waals surface area contributed by atoms with Gasteiger partial charge in [-0.25, -0.2) is 18.2 Å². The van der Waals surface area contributed by atoms with Crippen LogP contribution in [0, 0.1) is 22.9 Å². The summed E-state index contributed by atoms with van der Waals surface area (Å²) in [6.45, 7) is 7.82. The minimum atomic E-state index is -1.31. The van der Waals surface area contributed by atoms with Crippen molar-refractivity contribution in [3.05, 3.63) is 58.5 Å². The van der Waals surface area contributed by atoms with Gasteiger partial charge in [0.15, 0.2) is 11.6 Å². The molecule has 3 atom stereocenters. The number of ether oxygens (including phenoxy) is 1. The average Bonchev–Trinajstić information content (AvgIpc) is 2.77. The van der Waals surface area contributed by atoms with Gasteiger partial charge < -0.3 is 20.5 Å². The number of carbonyl (C=O) groups excluding carboxylic acids is 1. The van der Waals surface area contributed by atoms with Crippen LogP contribution in [0.5, 0.6) is 5.88 Å². The second-order valence-electron chi connectivity index (χ2n) is 11.7. The molecule has 1 amide bonds. The Hall–Kier alpha value is -2.65. The van der Waals surface area contributed by atoms with E-state index in [0.717, 1.165) is 42.9 Å². The molecular formula is C28H36F3N3O3. The van der Waals surface area contributed by atoms with E-state index in [1.54, 1.807) is 0 Å². The number of carbonyl (C=O) groups is 1. The Balaban J connectivity index is 1.53. The Morgan fingerprint density at radius 3 is 2.59 bits per heavy atom. The van der Waals surface area contributed by atoms with Gasteiger partial charge in [-0.15, -0.1) is 0 Å². The fraction of sp³-hybridized carbons (Fsp3) is 0.571. The number of nitrogens with zero attached hydrogens (tertiary/aromatic N) is 1. The van der Waals surface area contributed by atoms with Crippen LogP contribution < -0.4 is 15.4 Å². The minimum Gasteiger partial charge on any atom is -0.471 e. The largest absolute Gasteiger partial charge is 0.471 e. The first-order valence-corrected chi connectivity index (χ1v) is 12.8. The number of amides is 1. The summed E-state index contributed by atoms with van der Waals surface area (Å²) in [6.07, 6.45) is 4.92. The van der Waals surface area contributed by atoms with Gasteiger partial charge in [-0.2, -0.15) is 0 Å². The van der Waals surface area contributed by atoms with E-state index in [2.05, 4.69) is 42.5 Å². The minimum absolute atomic E-state index is 0.0635. The van der Waals surface area contributed by atoms with Crippen molar-refractivity contribution in [2.24, 2.45) is 5.41 Å². The van der Waals surface area contributed by atoms with Crippen molar-refractivity contribution in [1.82, 2.24) is 15.6 Å². The zero-order valence-corrected chi connectivity index (χ0v) is 21.8. The Morgan fingerprint density at radius 2 is 1.97 bits per heavy atom. The summed E-state index contributed by atoms with van der Waals surface area (Å²) >= 11 is 0. The van der Waals surface area contributed by atoms with E-state index in [1.807, 2.05) is 6.20 Å². The number of aliphatic hydroxyl groups excluding tert-OH is 1. The number of fused-ring (bicyclic) bond motifs is 1. The molecule has 1 aromatic heterocycles. The Morgan fingerprint density at radius 1 is 1.24 bits per heavy atom. The summed E-state index contributed by atoms with van der Waals surface area (Å²) in [5.74, 6) is -3.29. The zero-order chi connectivity index (χ0) is 27.0. The number of benzene rings is 1. The van der Waals surface area contributed by atoms with Crippen LogP contribution in [0.2, 0.25) is 0 Å². The van der Waals surface area contributed by atoms with Crippen LogP contribution in [-0.4, -0.2) is 40.3 Å². The first-order chi connectivity index (χ1) is 17.3. The fourth-order valence-corrected chi connectivity index (χ4v) is 5.29. The Labute approximate surface area is 216 Å². The fourth-order valence-electron chi connectivity index (χ4n) is 5.29. The van der Waals surface area contributed by atoms with Crippen LogP contribution in [-0.2, 0) is 17.6 Å². The van der Waals surface area contributed by atoms with Gasteiger partial charge in [0, 0.05) is 43.8 Å². The first-order valence-electron chi connectivity index (χ1n) is 12.8. The lowest BCUT2D eigenvalue weighted by Crippen LogP contribution is -2.52. The molecule has 6 nitrogen and oxygen atoms in total. The van der Waals surface area contributed by atoms with E-state index in [-0.39, 0.29) is 35.6 Å². The molecule has 0 radical (unpaired) electrons. The maximum absolute atomic E-state index is 14.3. The van der Waals surface area contributed by atoms with E-state index in [0.29, 0.717) is 18.4 Å². The molecule has 1 spiro atoms. The first kappa shape index (κ1) is 27.4. The molecule has 0 unspecified atom stereocenters. The second-order valence-corrected chi connectivity index (χ2v) is 11.7. The number of aromatic nitrogens is 1. The maximum atomic E-state index is 14.3. The number of hydrogen-bond acceptors (Lipinski definition) is 5. The molecule has 1 aliphatic carbocycles. The van der Waals surface area contributed by atoms with Crippen LogP contribution in [0.4, 0.5) is 13.2 Å². The molecule has 0 bridgehead atoms. The molecule has 2 aromatic rings. The lowest BCUT2D eigenvalue weighted by molar-refractivity contribution is -0.120. The number of halogens is 3. The van der Waals surface area contributed by atoms with E-state index in [4.69, 9.17) is 4.74 Å². The summed E-state index contributed by atoms with van der Waals surface area (Å²) in [7, 11) is 0. The monoisotopic (exact) mass is 519 g/mol. The summed E-state index contributed by atoms with van der Waals surface area (Å²) in [5.41, 5.74) is 1.55. The number of rotatable bonds is 8. The Kier molecular flexibility index (Phi) is 7.85. The van der Waals surface area contributed by atoms with Gasteiger partial charge in [0.2, 0.25) is 11.8 Å². The topological polar surface area (TPSA) is 83.5 Å². The molecule has 4 rings (SSSR count). The van der Waals surface area contributed by atoms with E-state index >= 15 is 0 Å². The normalized spacial score (nSPS) is 19.9. The van der Waals surface area contributed by atoms with Crippen molar-refractivity contribution in [3.63, 3.8) is 0 Å². The number of nitrogens with one attached hydrogen (secondary N) is 2. The summed E-state index contributed by atoms with van der Waals surface area (Å²) < 4.78 is 48.1. The quantitative estimate of drug-likeness (QED) is 0.447. The number of aliphatic hydroxyl groups is 1. The molecule has 202 valence electrons. The smallest absolute Gasteiger partial charge is 0.218 e. The van der Waals surface area contributed by atoms with Crippen molar-refractivity contribution in [1.29, 1.82) is 0 Å². The molecule has 1 saturated carbocycles. The predicted octanol–water partition coefficient (Wildman–Crippen LogP) is 4.53. The van der Waals surface area contributed by atoms with Crippen LogP contribution >= 0.6 is 0 Å². The van der Waals surface area contributed by atoms with Crippen LogP contribution in [0.3, 0.4) is 0 Å². The van der Waals surface area contributed by atoms with Gasteiger partial charge in [-0.3, -0.25) is 4.79 Å². The highest BCUT2D eigenvalue weighted by atomic mass is 19.2. The van der Waals surface area contributed by atoms with Crippen molar-refractivity contribution >= 4 is 5.91 Å². The SMILES string of the molecule is CC(=O)N[C@@H](Cc1cc(F)cc(F)c1F)[C@@H](O)CN[C@H]1CC2(CCC2)Oc2ncc(CC(C)(C)C)cc21. The van der Waals surface area contributed by atoms with Crippen molar-refractivity contribution in [2.45, 2.75) is 90.0 Å². The molecule has 2 heterocycles. The summed E-state index contributed by atoms with van der Waals surface area (Å²) in [4.78, 5) is 16.4. The third-order valence-electron chi connectivity index (χ3n) is 7.13. The van der Waals surface area contributed by atoms with Gasteiger partial charge in [-0.05, 0) is 60.8 Å². The highest BCUT2D eigenvalue weighted by molar-refractivity contribution is 5.73. The van der Waals surface area contributed by atoms with Crippen LogP contribution in [0.1, 0.15) is 76.1 Å². The standard InChI is InChI=1S/C28H36F3N3O3/c1-16(35)34-22(10-18-9-19(29)11-21(30)25(18)31)24(36)15-32-23-13-28(6-5-7-28)37-26-20(23)8-17(14-33-26)12-27(2,3)4/h8-9,11,14,22-24,32,36H,5-7,10,12-13,15H2,1-4H3,(H,34,35)/t22-,23-,24-/m0/s1. The number of pyridine rings is 1. The molecule has 0 saturated heterocycles. The lowest BCUT2D eigenvalue weighted by Gasteiger charge is -2.47. The molecule has 1 fully saturated rings. The zero-order valence-electron chi connectivity index (χ0n) is 21.8. The van der Waals surface area contributed by atoms with Gasteiger partial charge >= 0.3 is 0 Å². The summed E-state index contributed by atoms with van der Waals surface area (Å²) in [6, 6.07) is 2.34. The molecule has 1 aromatic carbocycles. The van der Waals surface area contributed by atoms with Crippen LogP contribution in [0.15, 0.2) is 24.4 Å². The van der Waals surface area contributed by atoms with E-state index in [1.165, 1.54) is 6.92 Å². The predicted molar refractivity (Wildman–Crippen MR) is 134 cm³/mol. The lowest BCUT2D eigenvalue weighted by atomic mass is 9.73. The highest BCUT2D eigenvalue weighted by Crippen LogP contribution is 2.48. The number of hydrogen-bond donors (Lipinski definition) is 3. The van der Waals surface area contributed by atoms with Gasteiger partial charge in [-0.1, -0.05) is 20.8 Å². The molecule has 2 aliphatic rings. The second kappa shape index (κ2) is 10.6. The highest BCUT2D eigenvalue weighted by Gasteiger charge is 2.46. The van der Waals surface area contributed by atoms with Crippen molar-refractivity contribution in [2.75, 3.05) is 6.54 Å². The third-order valence-corrected chi connectivity index (χ3v) is 7.13. The average molecular weight is 520 g/mol. The van der Waals surface area contributed by atoms with E-state index in [9.17, 15) is 23.1 Å². The van der Waals surface area contributed by atoms with Crippen molar-refractivity contribution in [3.8, 4) is 5.88 Å². The van der Waals surface area contributed by atoms with Crippen LogP contribution in [0.25, 0.3) is 0 Å². The van der Waals surface area contributed by atoms with Gasteiger partial charge in [0.1, 0.15) is 11.4 Å². The molecule has 37 heavy (non-hydrogen) atoms.